The fourth-order valence-electron chi connectivity index (χ4n) is 3.61. The molecule has 0 aliphatic carbocycles. The zero-order valence-electron chi connectivity index (χ0n) is 17.7. The number of rotatable bonds is 4. The highest BCUT2D eigenvalue weighted by Gasteiger charge is 2.35. The number of alkyl halides is 6. The van der Waals surface area contributed by atoms with Crippen molar-refractivity contribution in [1.82, 2.24) is 24.6 Å². The van der Waals surface area contributed by atoms with Crippen LogP contribution in [0.15, 0.2) is 36.7 Å². The van der Waals surface area contributed by atoms with Crippen molar-refractivity contribution in [2.24, 2.45) is 7.05 Å². The SMILES string of the molecule is Cn1ncc2c(N)nc3cc(F)c(C(=O)N(Cc4ccc(C(F)(F)F)cn4)CC(F)(F)F)cc3c21. The molecule has 0 saturated heterocycles. The van der Waals surface area contributed by atoms with Crippen LogP contribution in [0.2, 0.25) is 0 Å². The normalized spacial score (nSPS) is 12.5. The van der Waals surface area contributed by atoms with Crippen molar-refractivity contribution in [1.29, 1.82) is 0 Å². The molecule has 35 heavy (non-hydrogen) atoms. The third-order valence-corrected chi connectivity index (χ3v) is 5.19. The van der Waals surface area contributed by atoms with E-state index in [2.05, 4.69) is 15.1 Å². The average Bonchev–Trinajstić information content (AvgIpc) is 3.14. The number of pyridine rings is 2. The second kappa shape index (κ2) is 8.36. The summed E-state index contributed by atoms with van der Waals surface area (Å²) < 4.78 is 94.2. The number of hydrogen-bond donors (Lipinski definition) is 1. The van der Waals surface area contributed by atoms with Crippen molar-refractivity contribution in [3.05, 3.63) is 59.3 Å². The Kier molecular flexibility index (Phi) is 5.77. The summed E-state index contributed by atoms with van der Waals surface area (Å²) in [5, 5.41) is 4.65. The number of nitrogen functional groups attached to an aromatic ring is 1. The Hall–Kier alpha value is -3.97. The Bertz CT molecular complexity index is 1430. The molecule has 0 unspecified atom stereocenters. The fourth-order valence-corrected chi connectivity index (χ4v) is 3.61. The van der Waals surface area contributed by atoms with Crippen molar-refractivity contribution in [2.75, 3.05) is 12.3 Å². The van der Waals surface area contributed by atoms with Crippen molar-refractivity contribution in [3.8, 4) is 0 Å². The molecule has 0 radical (unpaired) electrons. The molecule has 0 atom stereocenters. The van der Waals surface area contributed by atoms with Gasteiger partial charge in [-0.25, -0.2) is 9.37 Å². The average molecular weight is 500 g/mol. The Morgan fingerprint density at radius 3 is 2.40 bits per heavy atom. The van der Waals surface area contributed by atoms with Gasteiger partial charge in [0.15, 0.2) is 0 Å². The van der Waals surface area contributed by atoms with E-state index in [1.807, 2.05) is 0 Å². The van der Waals surface area contributed by atoms with Gasteiger partial charge in [0.2, 0.25) is 0 Å². The molecule has 4 aromatic rings. The number of aryl methyl sites for hydroxylation is 1. The third-order valence-electron chi connectivity index (χ3n) is 5.19. The van der Waals surface area contributed by atoms with Gasteiger partial charge in [0, 0.05) is 24.7 Å². The lowest BCUT2D eigenvalue weighted by molar-refractivity contribution is -0.141. The van der Waals surface area contributed by atoms with Crippen LogP contribution < -0.4 is 5.73 Å². The molecule has 7 nitrogen and oxygen atoms in total. The molecule has 2 N–H and O–H groups in total. The van der Waals surface area contributed by atoms with Crippen LogP contribution in [0.5, 0.6) is 0 Å². The molecule has 4 rings (SSSR count). The van der Waals surface area contributed by atoms with E-state index in [-0.39, 0.29) is 27.3 Å². The lowest BCUT2D eigenvalue weighted by atomic mass is 10.1. The molecule has 1 amide bonds. The highest BCUT2D eigenvalue weighted by molar-refractivity contribution is 6.10. The van der Waals surface area contributed by atoms with Gasteiger partial charge >= 0.3 is 12.4 Å². The summed E-state index contributed by atoms with van der Waals surface area (Å²) in [6, 6.07) is 3.40. The topological polar surface area (TPSA) is 89.9 Å². The van der Waals surface area contributed by atoms with E-state index in [0.717, 1.165) is 18.2 Å². The number of halogens is 7. The highest BCUT2D eigenvalue weighted by Crippen LogP contribution is 2.31. The smallest absolute Gasteiger partial charge is 0.383 e. The zero-order chi connectivity index (χ0) is 25.7. The van der Waals surface area contributed by atoms with Crippen molar-refractivity contribution in [3.63, 3.8) is 0 Å². The number of aromatic nitrogens is 4. The molecule has 184 valence electrons. The second-order valence-corrected chi connectivity index (χ2v) is 7.69. The lowest BCUT2D eigenvalue weighted by Crippen LogP contribution is -2.39. The van der Waals surface area contributed by atoms with Crippen LogP contribution in [0.25, 0.3) is 21.8 Å². The molecular formula is C21H15F7N6O. The van der Waals surface area contributed by atoms with Crippen LogP contribution >= 0.6 is 0 Å². The molecule has 0 saturated carbocycles. The van der Waals surface area contributed by atoms with E-state index >= 15 is 0 Å². The van der Waals surface area contributed by atoms with Crippen LogP contribution in [0.4, 0.5) is 36.6 Å². The van der Waals surface area contributed by atoms with E-state index < -0.39 is 48.3 Å². The van der Waals surface area contributed by atoms with Crippen molar-refractivity contribution >= 4 is 33.5 Å². The standard InChI is InChI=1S/C21H15F7N6O/c1-33-17-13-4-12(15(22)5-16(13)32-18(29)14(17)7-31-33)19(35)34(9-20(23,24)25)8-11-3-2-10(6-30-11)21(26,27)28/h2-7H,8-9H2,1H3,(H2,29,32). The number of fused-ring (bicyclic) bond motifs is 3. The molecule has 1 aromatic carbocycles. The summed E-state index contributed by atoms with van der Waals surface area (Å²) in [4.78, 5) is 20.9. The molecule has 0 spiro atoms. The first-order valence-electron chi connectivity index (χ1n) is 9.83. The van der Waals surface area contributed by atoms with Gasteiger partial charge in [-0.15, -0.1) is 0 Å². The van der Waals surface area contributed by atoms with Crippen molar-refractivity contribution in [2.45, 2.75) is 18.9 Å². The van der Waals surface area contributed by atoms with E-state index in [0.29, 0.717) is 23.2 Å². The van der Waals surface area contributed by atoms with Gasteiger partial charge in [-0.2, -0.15) is 31.4 Å². The van der Waals surface area contributed by atoms with Gasteiger partial charge in [0.05, 0.1) is 46.0 Å². The minimum absolute atomic E-state index is 0.0474. The Morgan fingerprint density at radius 1 is 1.09 bits per heavy atom. The predicted octanol–water partition coefficient (Wildman–Crippen LogP) is 4.46. The van der Waals surface area contributed by atoms with Gasteiger partial charge in [0.1, 0.15) is 18.2 Å². The Balaban J connectivity index is 1.77. The maximum absolute atomic E-state index is 14.9. The number of carbonyl (C=O) groups excluding carboxylic acids is 1. The summed E-state index contributed by atoms with van der Waals surface area (Å²) in [5.74, 6) is -2.44. The molecular weight excluding hydrogens is 485 g/mol. The summed E-state index contributed by atoms with van der Waals surface area (Å²) in [7, 11) is 1.55. The minimum Gasteiger partial charge on any atom is -0.383 e. The first-order chi connectivity index (χ1) is 16.2. The van der Waals surface area contributed by atoms with E-state index in [1.165, 1.54) is 10.9 Å². The zero-order valence-corrected chi connectivity index (χ0v) is 17.7. The number of nitrogens with two attached hydrogens (primary N) is 1. The van der Waals surface area contributed by atoms with Crippen molar-refractivity contribution < 1.29 is 35.5 Å². The first kappa shape index (κ1) is 24.2. The minimum atomic E-state index is -4.87. The van der Waals surface area contributed by atoms with Gasteiger partial charge in [-0.1, -0.05) is 0 Å². The van der Waals surface area contributed by atoms with Crippen LogP contribution in [0.1, 0.15) is 21.6 Å². The first-order valence-corrected chi connectivity index (χ1v) is 9.83. The fraction of sp³-hybridized carbons (Fsp3) is 0.238. The van der Waals surface area contributed by atoms with Crippen LogP contribution in [0.3, 0.4) is 0 Å². The lowest BCUT2D eigenvalue weighted by Gasteiger charge is -2.24. The van der Waals surface area contributed by atoms with E-state index in [9.17, 15) is 35.5 Å². The summed E-state index contributed by atoms with van der Waals surface area (Å²) >= 11 is 0. The molecule has 0 aliphatic rings. The molecule has 3 heterocycles. The number of anilines is 1. The van der Waals surface area contributed by atoms with Gasteiger partial charge in [-0.05, 0) is 18.2 Å². The van der Waals surface area contributed by atoms with Gasteiger partial charge in [0.25, 0.3) is 5.91 Å². The number of hydrogen-bond acceptors (Lipinski definition) is 5. The number of nitrogens with zero attached hydrogens (tertiary/aromatic N) is 5. The molecule has 0 fully saturated rings. The molecule has 0 aliphatic heterocycles. The summed E-state index contributed by atoms with van der Waals surface area (Å²) in [5.41, 5.74) is 4.25. The van der Waals surface area contributed by atoms with Crippen LogP contribution in [-0.4, -0.2) is 43.3 Å². The van der Waals surface area contributed by atoms with Gasteiger partial charge in [-0.3, -0.25) is 14.5 Å². The maximum Gasteiger partial charge on any atom is 0.417 e. The number of carbonyl (C=O) groups is 1. The number of benzene rings is 1. The number of amides is 1. The summed E-state index contributed by atoms with van der Waals surface area (Å²) in [6.45, 7) is -2.60. The van der Waals surface area contributed by atoms with E-state index in [1.54, 1.807) is 7.05 Å². The monoisotopic (exact) mass is 500 g/mol. The molecule has 3 aromatic heterocycles. The Labute approximate surface area is 192 Å². The van der Waals surface area contributed by atoms with E-state index in [4.69, 9.17) is 5.73 Å². The molecule has 0 bridgehead atoms. The van der Waals surface area contributed by atoms with Crippen LogP contribution in [0, 0.1) is 5.82 Å². The maximum atomic E-state index is 14.9. The predicted molar refractivity (Wildman–Crippen MR) is 110 cm³/mol. The third kappa shape index (κ3) is 4.81. The quantitative estimate of drug-likeness (QED) is 0.418. The molecule has 14 heteroatoms. The van der Waals surface area contributed by atoms with Gasteiger partial charge < -0.3 is 10.6 Å². The summed E-state index contributed by atoms with van der Waals surface area (Å²) in [6.07, 6.45) is -7.73. The second-order valence-electron chi connectivity index (χ2n) is 7.69. The largest absolute Gasteiger partial charge is 0.417 e. The Morgan fingerprint density at radius 2 is 1.80 bits per heavy atom. The van der Waals surface area contributed by atoms with Crippen LogP contribution in [-0.2, 0) is 19.8 Å². The highest BCUT2D eigenvalue weighted by atomic mass is 19.4.